The summed E-state index contributed by atoms with van der Waals surface area (Å²) in [5, 5.41) is 14.2. The first-order valence-corrected chi connectivity index (χ1v) is 16.3. The molecule has 1 fully saturated rings. The number of hydrogen-bond donors (Lipinski definition) is 5. The van der Waals surface area contributed by atoms with Gasteiger partial charge in [-0.25, -0.2) is 5.43 Å². The third-order valence-electron chi connectivity index (χ3n) is 8.77. The molecule has 0 aromatic heterocycles. The van der Waals surface area contributed by atoms with Gasteiger partial charge in [0.25, 0.3) is 0 Å². The van der Waals surface area contributed by atoms with E-state index in [1.165, 1.54) is 5.56 Å². The number of ether oxygens (including phenoxy) is 2. The summed E-state index contributed by atoms with van der Waals surface area (Å²) in [4.78, 5) is 14.5. The van der Waals surface area contributed by atoms with Crippen molar-refractivity contribution in [3.63, 3.8) is 0 Å². The number of piperidine rings is 1. The average molecular weight is 622 g/mol. The Bertz CT molecular complexity index is 939. The molecule has 0 amide bonds. The number of nitrogens with one attached hydrogen (secondary N) is 2. The van der Waals surface area contributed by atoms with Crippen LogP contribution >= 0.6 is 11.6 Å². The van der Waals surface area contributed by atoms with Crippen LogP contribution in [0.15, 0.2) is 24.3 Å². The highest BCUT2D eigenvalue weighted by atomic mass is 35.5. The number of carboxylic acid groups (broad SMARTS) is 1. The van der Waals surface area contributed by atoms with Gasteiger partial charge in [0.1, 0.15) is 5.54 Å². The Balaban J connectivity index is 1.95. The van der Waals surface area contributed by atoms with Crippen molar-refractivity contribution in [1.29, 1.82) is 0 Å². The van der Waals surface area contributed by atoms with Crippen LogP contribution in [0.25, 0.3) is 0 Å². The van der Waals surface area contributed by atoms with Crippen molar-refractivity contribution in [2.24, 2.45) is 11.6 Å². The van der Waals surface area contributed by atoms with E-state index in [2.05, 4.69) is 55.5 Å². The Kier molecular flexibility index (Phi) is 16.5. The highest BCUT2D eigenvalue weighted by Gasteiger charge is 2.37. The summed E-state index contributed by atoms with van der Waals surface area (Å²) in [5.74, 6) is 5.11. The molecule has 1 aliphatic rings. The summed E-state index contributed by atoms with van der Waals surface area (Å²) in [7, 11) is 5.62. The molecule has 43 heavy (non-hydrogen) atoms. The summed E-state index contributed by atoms with van der Waals surface area (Å²) < 4.78 is 12.8. The summed E-state index contributed by atoms with van der Waals surface area (Å²) >= 11 is 6.18. The van der Waals surface area contributed by atoms with Crippen molar-refractivity contribution in [2.45, 2.75) is 114 Å². The van der Waals surface area contributed by atoms with E-state index in [9.17, 15) is 9.90 Å². The Morgan fingerprint density at radius 3 is 2.42 bits per heavy atom. The monoisotopic (exact) mass is 621 g/mol. The number of nitrogens with two attached hydrogens (primary N) is 2. The fourth-order valence-corrected chi connectivity index (χ4v) is 5.98. The van der Waals surface area contributed by atoms with Gasteiger partial charge in [-0.05, 0) is 104 Å². The van der Waals surface area contributed by atoms with Crippen molar-refractivity contribution in [3.8, 4) is 0 Å². The lowest BCUT2D eigenvalue weighted by molar-refractivity contribution is -0.145. The number of aliphatic carboxylic acids is 1. The number of nitrogens with zero attached hydrogens (tertiary/aromatic N) is 1. The lowest BCUT2D eigenvalue weighted by atomic mass is 9.85. The van der Waals surface area contributed by atoms with E-state index < -0.39 is 11.5 Å². The summed E-state index contributed by atoms with van der Waals surface area (Å²) in [5.41, 5.74) is 8.11. The number of carboxylic acids is 1. The summed E-state index contributed by atoms with van der Waals surface area (Å²) in [6, 6.07) is 8.08. The van der Waals surface area contributed by atoms with Crippen molar-refractivity contribution in [2.75, 3.05) is 45.9 Å². The van der Waals surface area contributed by atoms with Gasteiger partial charge in [0.2, 0.25) is 0 Å². The second-order valence-electron chi connectivity index (χ2n) is 13.2. The van der Waals surface area contributed by atoms with Gasteiger partial charge in [-0.3, -0.25) is 10.6 Å². The molecule has 1 saturated heterocycles. The highest BCUT2D eigenvalue weighted by Crippen LogP contribution is 2.32. The molecular formula is C32H57BClN5O4. The number of carbonyl (C=O) groups is 1. The number of rotatable bonds is 22. The molecule has 0 saturated carbocycles. The van der Waals surface area contributed by atoms with Crippen LogP contribution in [0.1, 0.15) is 90.5 Å². The number of benzene rings is 1. The first kappa shape index (κ1) is 37.9. The van der Waals surface area contributed by atoms with Gasteiger partial charge in [-0.15, -0.1) is 0 Å². The number of hydrogen-bond acceptors (Lipinski definition) is 8. The fraction of sp³-hybridized carbons (Fsp3) is 0.781. The molecule has 3 unspecified atom stereocenters. The fourth-order valence-electron chi connectivity index (χ4n) is 5.86. The number of halogens is 1. The number of unbranched alkanes of at least 4 members (excludes halogenated alkanes) is 1. The Morgan fingerprint density at radius 2 is 1.79 bits per heavy atom. The zero-order valence-electron chi connectivity index (χ0n) is 27.0. The van der Waals surface area contributed by atoms with E-state index in [0.29, 0.717) is 45.3 Å². The maximum atomic E-state index is 12.1. The van der Waals surface area contributed by atoms with Gasteiger partial charge in [0, 0.05) is 36.2 Å². The molecule has 0 aliphatic carbocycles. The average Bonchev–Trinajstić information content (AvgIpc) is 2.95. The third-order valence-corrected chi connectivity index (χ3v) is 9.02. The SMILES string of the molecule is [B]CCCCC(CCCN1CCC(c2ccc(Cl)cc2)C(OCCC(C)(C)OCCNC(C)(C)CCN)C1)(NN)C(=O)O. The number of likely N-dealkylation sites (tertiary alicyclic amines) is 1. The zero-order chi connectivity index (χ0) is 31.9. The summed E-state index contributed by atoms with van der Waals surface area (Å²) in [6.07, 6.45) is 6.31. The van der Waals surface area contributed by atoms with E-state index in [1.54, 1.807) is 0 Å². The normalized spacial score (nSPS) is 19.8. The molecule has 1 aromatic carbocycles. The van der Waals surface area contributed by atoms with Crippen LogP contribution in [-0.2, 0) is 14.3 Å². The van der Waals surface area contributed by atoms with Crippen LogP contribution in [-0.4, -0.2) is 92.5 Å². The molecular weight excluding hydrogens is 565 g/mol. The third kappa shape index (κ3) is 13.3. The largest absolute Gasteiger partial charge is 0.480 e. The summed E-state index contributed by atoms with van der Waals surface area (Å²) in [6.45, 7) is 13.6. The van der Waals surface area contributed by atoms with Crippen LogP contribution in [0.3, 0.4) is 0 Å². The number of hydrazine groups is 1. The smallest absolute Gasteiger partial charge is 0.325 e. The van der Waals surface area contributed by atoms with Crippen molar-refractivity contribution in [1.82, 2.24) is 15.6 Å². The van der Waals surface area contributed by atoms with Crippen LogP contribution in [0.5, 0.6) is 0 Å². The van der Waals surface area contributed by atoms with E-state index in [-0.39, 0.29) is 23.2 Å². The van der Waals surface area contributed by atoms with E-state index in [1.807, 2.05) is 12.1 Å². The standard InChI is InChI=1S/C32H57BClN5O4/c1-30(2,15-18-35)37-19-23-43-31(3,4)16-22-42-28-24-39(21-12-27(28)25-8-10-26(34)11-9-25)20-7-14-32(38-36,29(40)41)13-5-6-17-33/h8-11,27-28,37-38H,5-7,12-24,35-36H2,1-4H3,(H,40,41). The predicted molar refractivity (Wildman–Crippen MR) is 177 cm³/mol. The van der Waals surface area contributed by atoms with Gasteiger partial charge in [-0.2, -0.15) is 0 Å². The topological polar surface area (TPSA) is 135 Å². The molecule has 2 radical (unpaired) electrons. The molecule has 1 aliphatic heterocycles. The lowest BCUT2D eigenvalue weighted by Crippen LogP contribution is -2.55. The molecule has 1 aromatic rings. The molecule has 1 heterocycles. The Labute approximate surface area is 266 Å². The van der Waals surface area contributed by atoms with Crippen LogP contribution in [0.4, 0.5) is 0 Å². The molecule has 0 bridgehead atoms. The van der Waals surface area contributed by atoms with Crippen LogP contribution < -0.4 is 22.3 Å². The minimum absolute atomic E-state index is 0.00463. The molecule has 11 heteroatoms. The minimum atomic E-state index is -1.13. The Morgan fingerprint density at radius 1 is 1.09 bits per heavy atom. The van der Waals surface area contributed by atoms with Gasteiger partial charge in [-0.1, -0.05) is 42.9 Å². The lowest BCUT2D eigenvalue weighted by Gasteiger charge is -2.39. The zero-order valence-corrected chi connectivity index (χ0v) is 27.8. The second-order valence-corrected chi connectivity index (χ2v) is 13.7. The van der Waals surface area contributed by atoms with E-state index >= 15 is 0 Å². The first-order chi connectivity index (χ1) is 20.4. The second kappa shape index (κ2) is 18.7. The van der Waals surface area contributed by atoms with Gasteiger partial charge in [0.15, 0.2) is 0 Å². The highest BCUT2D eigenvalue weighted by molar-refractivity contribution is 6.30. The van der Waals surface area contributed by atoms with Gasteiger partial charge >= 0.3 is 5.97 Å². The van der Waals surface area contributed by atoms with E-state index in [0.717, 1.165) is 63.3 Å². The van der Waals surface area contributed by atoms with Crippen molar-refractivity contribution in [3.05, 3.63) is 34.9 Å². The molecule has 7 N–H and O–H groups in total. The molecule has 2 rings (SSSR count). The molecule has 3 atom stereocenters. The van der Waals surface area contributed by atoms with Gasteiger partial charge in [0.05, 0.1) is 26.2 Å². The van der Waals surface area contributed by atoms with Crippen LogP contribution in [0, 0.1) is 0 Å². The van der Waals surface area contributed by atoms with Crippen molar-refractivity contribution < 1.29 is 19.4 Å². The molecule has 0 spiro atoms. The van der Waals surface area contributed by atoms with Crippen molar-refractivity contribution >= 4 is 25.4 Å². The quantitative estimate of drug-likeness (QED) is 0.0558. The maximum absolute atomic E-state index is 12.1. The van der Waals surface area contributed by atoms with E-state index in [4.69, 9.17) is 40.5 Å². The van der Waals surface area contributed by atoms with Gasteiger partial charge < -0.3 is 30.5 Å². The molecule has 244 valence electrons. The minimum Gasteiger partial charge on any atom is -0.480 e. The Hall–Kier alpha value is -1.24. The first-order valence-electron chi connectivity index (χ1n) is 16.0. The molecule has 9 nitrogen and oxygen atoms in total. The van der Waals surface area contributed by atoms with Crippen LogP contribution in [0.2, 0.25) is 11.3 Å². The predicted octanol–water partition coefficient (Wildman–Crippen LogP) is 4.24. The maximum Gasteiger partial charge on any atom is 0.325 e.